The Hall–Kier alpha value is -2.14. The summed E-state index contributed by atoms with van der Waals surface area (Å²) in [5, 5.41) is 1.25. The van der Waals surface area contributed by atoms with Crippen LogP contribution in [0.1, 0.15) is 39.2 Å². The van der Waals surface area contributed by atoms with Crippen molar-refractivity contribution in [2.24, 2.45) is 5.41 Å². The first-order chi connectivity index (χ1) is 13.2. The van der Waals surface area contributed by atoms with E-state index in [9.17, 15) is 9.59 Å². The molecule has 0 heterocycles. The molecule has 0 aliphatic heterocycles. The van der Waals surface area contributed by atoms with Gasteiger partial charge in [-0.3, -0.25) is 9.59 Å². The van der Waals surface area contributed by atoms with Crippen LogP contribution in [-0.2, 0) is 25.1 Å². The molecule has 0 radical (unpaired) electrons. The van der Waals surface area contributed by atoms with Crippen molar-refractivity contribution in [2.75, 3.05) is 13.2 Å². The molecule has 0 atom stereocenters. The molecule has 0 saturated carbocycles. The molecule has 0 spiro atoms. The third-order valence-corrected chi connectivity index (χ3v) is 8.77. The Morgan fingerprint density at radius 2 is 1.57 bits per heavy atom. The highest BCUT2D eigenvalue weighted by Gasteiger charge is 2.47. The van der Waals surface area contributed by atoms with Gasteiger partial charge in [0, 0.05) is 0 Å². The summed E-state index contributed by atoms with van der Waals surface area (Å²) in [5.74, 6) is -1.08. The first-order valence-electron chi connectivity index (χ1n) is 9.90. The minimum absolute atomic E-state index is 0.190. The largest absolute Gasteiger partial charge is 0.465 e. The fourth-order valence-electron chi connectivity index (χ4n) is 3.13. The molecule has 154 valence electrons. The molecule has 28 heavy (non-hydrogen) atoms. The lowest BCUT2D eigenvalue weighted by atomic mass is 9.81. The van der Waals surface area contributed by atoms with Crippen molar-refractivity contribution < 1.29 is 19.1 Å². The Kier molecular flexibility index (Phi) is 9.39. The number of carbonyl (C=O) groups is 2. The van der Waals surface area contributed by atoms with Crippen molar-refractivity contribution in [3.8, 4) is 0 Å². The van der Waals surface area contributed by atoms with Gasteiger partial charge in [0.2, 0.25) is 0 Å². The van der Waals surface area contributed by atoms with E-state index in [0.717, 1.165) is 6.04 Å². The smallest absolute Gasteiger partial charge is 0.324 e. The minimum Gasteiger partial charge on any atom is -0.465 e. The van der Waals surface area contributed by atoms with Crippen LogP contribution in [0.2, 0.25) is 13.1 Å². The van der Waals surface area contributed by atoms with Gasteiger partial charge in [0.1, 0.15) is 0 Å². The molecule has 1 rings (SSSR count). The standard InChI is InChI=1S/C23H34O4Si/c1-7-16-23(21(24)26-8-2,22(25)27-9-3)17-15-19(4)28(5,6)18-20-13-11-10-12-14-20/h7,10-15H,1,8-9,16-18H2,2-6H3/b19-15+. The van der Waals surface area contributed by atoms with Crippen LogP contribution in [-0.4, -0.2) is 33.2 Å². The van der Waals surface area contributed by atoms with Gasteiger partial charge in [-0.1, -0.05) is 66.3 Å². The molecule has 1 aromatic rings. The Bertz CT molecular complexity index is 674. The lowest BCUT2D eigenvalue weighted by Crippen LogP contribution is -2.42. The molecule has 0 unspecified atom stereocenters. The second kappa shape index (κ2) is 11.0. The van der Waals surface area contributed by atoms with Crippen molar-refractivity contribution in [2.45, 2.75) is 52.8 Å². The number of carbonyl (C=O) groups excluding carboxylic acids is 2. The average Bonchev–Trinajstić information content (AvgIpc) is 2.65. The number of rotatable bonds is 11. The maximum Gasteiger partial charge on any atom is 0.324 e. The van der Waals surface area contributed by atoms with E-state index in [-0.39, 0.29) is 26.1 Å². The van der Waals surface area contributed by atoms with Gasteiger partial charge < -0.3 is 9.47 Å². The molecular weight excluding hydrogens is 368 g/mol. The number of allylic oxidation sites excluding steroid dienone is 3. The first kappa shape index (κ1) is 23.9. The molecule has 0 bridgehead atoms. The Morgan fingerprint density at radius 1 is 1.04 bits per heavy atom. The van der Waals surface area contributed by atoms with Gasteiger partial charge in [0.25, 0.3) is 0 Å². The van der Waals surface area contributed by atoms with Gasteiger partial charge in [-0.25, -0.2) is 0 Å². The van der Waals surface area contributed by atoms with E-state index in [2.05, 4.69) is 50.9 Å². The van der Waals surface area contributed by atoms with Gasteiger partial charge in [-0.15, -0.1) is 6.58 Å². The lowest BCUT2D eigenvalue weighted by molar-refractivity contribution is -0.171. The third kappa shape index (κ3) is 6.19. The first-order valence-corrected chi connectivity index (χ1v) is 13.1. The zero-order valence-electron chi connectivity index (χ0n) is 17.9. The van der Waals surface area contributed by atoms with Crippen LogP contribution in [0.5, 0.6) is 0 Å². The summed E-state index contributed by atoms with van der Waals surface area (Å²) in [6.45, 7) is 14.3. The Morgan fingerprint density at radius 3 is 2.04 bits per heavy atom. The second-order valence-corrected chi connectivity index (χ2v) is 12.6. The molecular formula is C23H34O4Si. The van der Waals surface area contributed by atoms with E-state index in [1.54, 1.807) is 19.9 Å². The number of benzene rings is 1. The van der Waals surface area contributed by atoms with Gasteiger partial charge in [0.15, 0.2) is 5.41 Å². The molecule has 4 nitrogen and oxygen atoms in total. The molecule has 5 heteroatoms. The number of hydrogen-bond acceptors (Lipinski definition) is 4. The highest BCUT2D eigenvalue weighted by atomic mass is 28.3. The van der Waals surface area contributed by atoms with E-state index in [0.29, 0.717) is 0 Å². The topological polar surface area (TPSA) is 52.6 Å². The van der Waals surface area contributed by atoms with Crippen LogP contribution in [0.15, 0.2) is 54.3 Å². The summed E-state index contributed by atoms with van der Waals surface area (Å²) in [5.41, 5.74) is -0.0632. The van der Waals surface area contributed by atoms with Crippen molar-refractivity contribution >= 4 is 20.0 Å². The predicted molar refractivity (Wildman–Crippen MR) is 117 cm³/mol. The van der Waals surface area contributed by atoms with Crippen LogP contribution < -0.4 is 0 Å². The summed E-state index contributed by atoms with van der Waals surface area (Å²) in [6.07, 6.45) is 4.07. The monoisotopic (exact) mass is 402 g/mol. The van der Waals surface area contributed by atoms with Crippen LogP contribution in [0.3, 0.4) is 0 Å². The van der Waals surface area contributed by atoms with Crippen LogP contribution in [0, 0.1) is 5.41 Å². The van der Waals surface area contributed by atoms with E-state index in [4.69, 9.17) is 9.47 Å². The van der Waals surface area contributed by atoms with Crippen molar-refractivity contribution in [1.82, 2.24) is 0 Å². The molecule has 0 saturated heterocycles. The predicted octanol–water partition coefficient (Wildman–Crippen LogP) is 5.04. The van der Waals surface area contributed by atoms with Crippen LogP contribution in [0.25, 0.3) is 0 Å². The maximum absolute atomic E-state index is 12.7. The lowest BCUT2D eigenvalue weighted by Gasteiger charge is -2.29. The summed E-state index contributed by atoms with van der Waals surface area (Å²) in [4.78, 5) is 25.5. The van der Waals surface area contributed by atoms with Gasteiger partial charge in [-0.05, 0) is 39.7 Å². The SMILES string of the molecule is C=CCC(C/C=C(\C)[Si](C)(C)Cc1ccccc1)(C(=O)OCC)C(=O)OCC. The minimum atomic E-state index is -1.75. The summed E-state index contributed by atoms with van der Waals surface area (Å²) >= 11 is 0. The molecule has 0 amide bonds. The fraction of sp³-hybridized carbons (Fsp3) is 0.478. The van der Waals surface area contributed by atoms with Gasteiger partial charge in [0.05, 0.1) is 21.3 Å². The Labute approximate surface area is 170 Å². The fourth-order valence-corrected chi connectivity index (χ4v) is 5.32. The zero-order valence-corrected chi connectivity index (χ0v) is 18.9. The number of esters is 2. The summed E-state index contributed by atoms with van der Waals surface area (Å²) < 4.78 is 10.5. The van der Waals surface area contributed by atoms with Crippen LogP contribution >= 0.6 is 0 Å². The molecule has 0 N–H and O–H groups in total. The zero-order chi connectivity index (χ0) is 21.2. The average molecular weight is 403 g/mol. The van der Waals surface area contributed by atoms with E-state index in [1.165, 1.54) is 10.8 Å². The van der Waals surface area contributed by atoms with E-state index in [1.807, 2.05) is 12.1 Å². The number of ether oxygens (including phenoxy) is 2. The molecule has 0 aromatic heterocycles. The number of hydrogen-bond donors (Lipinski definition) is 0. The third-order valence-electron chi connectivity index (χ3n) is 5.14. The quantitative estimate of drug-likeness (QED) is 0.225. The van der Waals surface area contributed by atoms with Gasteiger partial charge >= 0.3 is 11.9 Å². The highest BCUT2D eigenvalue weighted by Crippen LogP contribution is 2.33. The normalized spacial score (nSPS) is 12.4. The summed E-state index contributed by atoms with van der Waals surface area (Å²) in [6, 6.07) is 11.4. The van der Waals surface area contributed by atoms with Crippen LogP contribution in [0.4, 0.5) is 0 Å². The highest BCUT2D eigenvalue weighted by molar-refractivity contribution is 6.83. The van der Waals surface area contributed by atoms with Crippen molar-refractivity contribution in [3.05, 3.63) is 59.8 Å². The molecule has 0 aliphatic carbocycles. The molecule has 0 fully saturated rings. The van der Waals surface area contributed by atoms with Gasteiger partial charge in [-0.2, -0.15) is 0 Å². The maximum atomic E-state index is 12.7. The molecule has 1 aromatic carbocycles. The van der Waals surface area contributed by atoms with E-state index < -0.39 is 25.4 Å². The van der Waals surface area contributed by atoms with Crippen molar-refractivity contribution in [3.63, 3.8) is 0 Å². The van der Waals surface area contributed by atoms with E-state index >= 15 is 0 Å². The molecule has 0 aliphatic rings. The summed E-state index contributed by atoms with van der Waals surface area (Å²) in [7, 11) is -1.75. The Balaban J connectivity index is 3.16. The van der Waals surface area contributed by atoms with Crippen molar-refractivity contribution in [1.29, 1.82) is 0 Å². The second-order valence-electron chi connectivity index (χ2n) is 7.65.